The number of nitrogens with zero attached hydrogens (tertiary/aromatic N) is 2. The molecule has 1 N–H and O–H groups in total. The van der Waals surface area contributed by atoms with Crippen molar-refractivity contribution in [3.63, 3.8) is 0 Å². The van der Waals surface area contributed by atoms with Crippen LogP contribution in [0.4, 0.5) is 11.4 Å². The van der Waals surface area contributed by atoms with Crippen LogP contribution in [-0.2, 0) is 0 Å². The Labute approximate surface area is 119 Å². The molecule has 3 heteroatoms. The summed E-state index contributed by atoms with van der Waals surface area (Å²) in [5.41, 5.74) is 4.55. The van der Waals surface area contributed by atoms with E-state index in [1.165, 1.54) is 27.0 Å². The first-order valence-corrected chi connectivity index (χ1v) is 6.87. The van der Waals surface area contributed by atoms with E-state index in [2.05, 4.69) is 75.6 Å². The molecule has 0 aliphatic carbocycles. The molecule has 1 heterocycles. The molecule has 0 radical (unpaired) electrons. The van der Waals surface area contributed by atoms with Crippen molar-refractivity contribution < 1.29 is 4.90 Å². The van der Waals surface area contributed by atoms with Crippen LogP contribution >= 0.6 is 0 Å². The maximum atomic E-state index is 4.82. The molecule has 3 aromatic rings. The molecular formula is C17H20N3+. The summed E-state index contributed by atoms with van der Waals surface area (Å²) in [6.07, 6.45) is 0. The minimum Gasteiger partial charge on any atom is -0.378 e. The van der Waals surface area contributed by atoms with Gasteiger partial charge in [-0.05, 0) is 30.3 Å². The highest BCUT2D eigenvalue weighted by Gasteiger charge is 2.06. The highest BCUT2D eigenvalue weighted by Crippen LogP contribution is 2.24. The van der Waals surface area contributed by atoms with E-state index in [0.717, 1.165) is 11.0 Å². The molecule has 3 rings (SSSR count). The van der Waals surface area contributed by atoms with E-state index in [1.54, 1.807) is 0 Å². The molecule has 0 aliphatic heterocycles. The molecule has 0 bridgehead atoms. The molecule has 20 heavy (non-hydrogen) atoms. The van der Waals surface area contributed by atoms with E-state index < -0.39 is 0 Å². The van der Waals surface area contributed by atoms with Gasteiger partial charge >= 0.3 is 0 Å². The summed E-state index contributed by atoms with van der Waals surface area (Å²) < 4.78 is 0. The number of anilines is 1. The topological polar surface area (TPSA) is 20.6 Å². The molecule has 0 saturated heterocycles. The largest absolute Gasteiger partial charge is 0.378 e. The van der Waals surface area contributed by atoms with E-state index in [1.807, 2.05) is 0 Å². The second-order valence-corrected chi connectivity index (χ2v) is 5.67. The van der Waals surface area contributed by atoms with Crippen LogP contribution in [0.1, 0.15) is 0 Å². The SMILES string of the molecule is CN(C)c1ccc2cc3ccc([NH+](C)C)cc3nc2c1. The van der Waals surface area contributed by atoms with E-state index in [-0.39, 0.29) is 0 Å². The van der Waals surface area contributed by atoms with Crippen molar-refractivity contribution in [1.29, 1.82) is 0 Å². The van der Waals surface area contributed by atoms with Crippen LogP contribution in [0.25, 0.3) is 21.8 Å². The molecule has 1 aromatic heterocycles. The van der Waals surface area contributed by atoms with Gasteiger partial charge in [-0.2, -0.15) is 0 Å². The highest BCUT2D eigenvalue weighted by molar-refractivity contribution is 5.94. The number of hydrogen-bond donors (Lipinski definition) is 1. The summed E-state index contributed by atoms with van der Waals surface area (Å²) in [6, 6.07) is 15.1. The van der Waals surface area contributed by atoms with Crippen LogP contribution in [0.3, 0.4) is 0 Å². The number of hydrogen-bond acceptors (Lipinski definition) is 2. The van der Waals surface area contributed by atoms with Crippen molar-refractivity contribution in [2.75, 3.05) is 33.1 Å². The smallest absolute Gasteiger partial charge is 0.132 e. The molecule has 0 aliphatic rings. The second-order valence-electron chi connectivity index (χ2n) is 5.67. The molecule has 0 atom stereocenters. The second kappa shape index (κ2) is 4.76. The lowest BCUT2D eigenvalue weighted by Crippen LogP contribution is -3.00. The third-order valence-corrected chi connectivity index (χ3v) is 3.69. The monoisotopic (exact) mass is 266 g/mol. The van der Waals surface area contributed by atoms with Gasteiger partial charge in [0.25, 0.3) is 0 Å². The average Bonchev–Trinajstić information content (AvgIpc) is 2.43. The zero-order valence-corrected chi connectivity index (χ0v) is 12.4. The number of aromatic nitrogens is 1. The first-order valence-electron chi connectivity index (χ1n) is 6.87. The predicted octanol–water partition coefficient (Wildman–Crippen LogP) is 2.23. The van der Waals surface area contributed by atoms with Crippen molar-refractivity contribution in [1.82, 2.24) is 4.98 Å². The van der Waals surface area contributed by atoms with Crippen molar-refractivity contribution in [2.45, 2.75) is 0 Å². The zero-order chi connectivity index (χ0) is 14.3. The lowest BCUT2D eigenvalue weighted by molar-refractivity contribution is -0.786. The molecule has 0 saturated carbocycles. The number of quaternary nitrogens is 1. The van der Waals surface area contributed by atoms with Gasteiger partial charge in [0, 0.05) is 36.6 Å². The molecule has 102 valence electrons. The Morgan fingerprint density at radius 2 is 1.50 bits per heavy atom. The Morgan fingerprint density at radius 1 is 0.850 bits per heavy atom. The summed E-state index contributed by atoms with van der Waals surface area (Å²) in [5, 5.41) is 2.38. The van der Waals surface area contributed by atoms with Crippen molar-refractivity contribution in [3.8, 4) is 0 Å². The summed E-state index contributed by atoms with van der Waals surface area (Å²) in [6.45, 7) is 0. The van der Waals surface area contributed by atoms with Gasteiger partial charge < -0.3 is 9.80 Å². The average molecular weight is 266 g/mol. The maximum Gasteiger partial charge on any atom is 0.132 e. The van der Waals surface area contributed by atoms with Crippen LogP contribution in [0, 0.1) is 0 Å². The van der Waals surface area contributed by atoms with E-state index in [4.69, 9.17) is 4.98 Å². The number of fused-ring (bicyclic) bond motifs is 2. The fourth-order valence-corrected chi connectivity index (χ4v) is 2.40. The Morgan fingerprint density at radius 3 is 2.15 bits per heavy atom. The maximum absolute atomic E-state index is 4.82. The van der Waals surface area contributed by atoms with Gasteiger partial charge in [-0.1, -0.05) is 6.07 Å². The first kappa shape index (κ1) is 12.9. The quantitative estimate of drug-likeness (QED) is 0.718. The predicted molar refractivity (Wildman–Crippen MR) is 86.0 cm³/mol. The standard InChI is InChI=1S/C17H19N3/c1-19(2)14-7-5-12-9-13-6-8-15(20(3)4)11-17(13)18-16(12)10-14/h5-11H,1-4H3/p+1. The van der Waals surface area contributed by atoms with Gasteiger partial charge in [0.05, 0.1) is 25.1 Å². The molecule has 0 spiro atoms. The van der Waals surface area contributed by atoms with Crippen molar-refractivity contribution in [2.24, 2.45) is 0 Å². The van der Waals surface area contributed by atoms with Crippen molar-refractivity contribution in [3.05, 3.63) is 42.5 Å². The number of benzene rings is 2. The van der Waals surface area contributed by atoms with Crippen LogP contribution in [0.5, 0.6) is 0 Å². The first-order chi connectivity index (χ1) is 9.54. The van der Waals surface area contributed by atoms with Gasteiger partial charge in [-0.3, -0.25) is 0 Å². The number of pyridine rings is 1. The van der Waals surface area contributed by atoms with Gasteiger partial charge in [0.2, 0.25) is 0 Å². The molecule has 0 fully saturated rings. The van der Waals surface area contributed by atoms with Gasteiger partial charge in [0.15, 0.2) is 0 Å². The Bertz CT molecular complexity index is 713. The third kappa shape index (κ3) is 2.21. The lowest BCUT2D eigenvalue weighted by atomic mass is 10.1. The summed E-state index contributed by atoms with van der Waals surface area (Å²) in [5.74, 6) is 0. The number of rotatable bonds is 2. The van der Waals surface area contributed by atoms with Gasteiger partial charge in [-0.25, -0.2) is 4.98 Å². The Kier molecular flexibility index (Phi) is 3.07. The molecular weight excluding hydrogens is 246 g/mol. The summed E-state index contributed by atoms with van der Waals surface area (Å²) in [4.78, 5) is 8.24. The van der Waals surface area contributed by atoms with Crippen LogP contribution in [0.15, 0.2) is 42.5 Å². The summed E-state index contributed by atoms with van der Waals surface area (Å²) >= 11 is 0. The molecule has 0 amide bonds. The highest BCUT2D eigenvalue weighted by atomic mass is 15.1. The fourth-order valence-electron chi connectivity index (χ4n) is 2.40. The van der Waals surface area contributed by atoms with Crippen LogP contribution in [-0.4, -0.2) is 33.2 Å². The van der Waals surface area contributed by atoms with E-state index >= 15 is 0 Å². The third-order valence-electron chi connectivity index (χ3n) is 3.69. The number of nitrogens with one attached hydrogen (secondary N) is 1. The lowest BCUT2D eigenvalue weighted by Gasteiger charge is -2.13. The normalized spacial score (nSPS) is 11.4. The molecule has 0 unspecified atom stereocenters. The van der Waals surface area contributed by atoms with Crippen LogP contribution < -0.4 is 9.80 Å². The fraction of sp³-hybridized carbons (Fsp3) is 0.235. The zero-order valence-electron chi connectivity index (χ0n) is 12.4. The summed E-state index contributed by atoms with van der Waals surface area (Å²) in [7, 11) is 8.37. The van der Waals surface area contributed by atoms with Gasteiger partial charge in [0.1, 0.15) is 5.69 Å². The van der Waals surface area contributed by atoms with Crippen molar-refractivity contribution >= 4 is 33.2 Å². The van der Waals surface area contributed by atoms with Gasteiger partial charge in [-0.15, -0.1) is 0 Å². The van der Waals surface area contributed by atoms with Crippen LogP contribution in [0.2, 0.25) is 0 Å². The minimum atomic E-state index is 1.05. The molecule has 2 aromatic carbocycles. The molecule has 3 nitrogen and oxygen atoms in total. The minimum absolute atomic E-state index is 1.05. The van der Waals surface area contributed by atoms with E-state index in [0.29, 0.717) is 0 Å². The van der Waals surface area contributed by atoms with E-state index in [9.17, 15) is 0 Å². The Balaban J connectivity index is 2.24. The Hall–Kier alpha value is -2.13.